The Morgan fingerprint density at radius 2 is 0.817 bits per heavy atom. The minimum Gasteiger partial charge on any atom is -0.394 e. The molecule has 0 aromatic carbocycles. The SMILES string of the molecule is CCCCc1cn([C@H]2CC(n3cc(C)c(=O)[nH]c3=O)O[C@@H]2CO)nn1.CCCc1cn([C@H]2CC(n3cc(C)c(=O)[nH]c3=O)O[C@@H]2CO)nn1.Cc1cn(C2C[C@H](n3cc(-[n+]4cccc(Br)c4)nn3)C(CO)O2)c(=O)[nH]c1=O.Cc1cn(C2C[C@H](n3cc(CC4CCCC4)nn3)[C@@H](CO)O2)c(=O)[nH]c1=O. The molecule has 38 heteroatoms. The highest BCUT2D eigenvalue weighted by Gasteiger charge is 2.43. The summed E-state index contributed by atoms with van der Waals surface area (Å²) in [5.74, 6) is 1.29. The highest BCUT2D eigenvalue weighted by atomic mass is 79.9. The Balaban J connectivity index is 0.000000139. The van der Waals surface area contributed by atoms with Gasteiger partial charge in [-0.25, -0.2) is 37.9 Å². The number of aliphatic hydroxyl groups is 4. The van der Waals surface area contributed by atoms with Gasteiger partial charge in [0.15, 0.2) is 0 Å². The summed E-state index contributed by atoms with van der Waals surface area (Å²) < 4.78 is 38.3. The van der Waals surface area contributed by atoms with Gasteiger partial charge < -0.3 is 39.4 Å². The minimum atomic E-state index is -0.628. The van der Waals surface area contributed by atoms with E-state index in [2.05, 4.69) is 91.0 Å². The van der Waals surface area contributed by atoms with Crippen molar-refractivity contribution < 1.29 is 43.9 Å². The lowest BCUT2D eigenvalue weighted by molar-refractivity contribution is -0.600. The second kappa shape index (κ2) is 34.0. The summed E-state index contributed by atoms with van der Waals surface area (Å²) in [7, 11) is 0. The Morgan fingerprint density at radius 3 is 1.17 bits per heavy atom. The van der Waals surface area contributed by atoms with Crippen LogP contribution in [0, 0.1) is 33.6 Å². The van der Waals surface area contributed by atoms with Crippen molar-refractivity contribution in [2.45, 2.75) is 205 Å². The molecule has 4 aliphatic heterocycles. The van der Waals surface area contributed by atoms with E-state index < -0.39 is 94.3 Å². The summed E-state index contributed by atoms with van der Waals surface area (Å²) >= 11 is 3.42. The third kappa shape index (κ3) is 17.5. The summed E-state index contributed by atoms with van der Waals surface area (Å²) in [6.07, 6.45) is 25.2. The van der Waals surface area contributed by atoms with Crippen molar-refractivity contribution >= 4 is 15.9 Å². The van der Waals surface area contributed by atoms with Crippen LogP contribution >= 0.6 is 15.9 Å². The molecular weight excluding hydrogens is 1420 g/mol. The average Bonchev–Trinajstić information content (AvgIpc) is 1.64. The third-order valence-corrected chi connectivity index (χ3v) is 19.7. The molecule has 13 heterocycles. The largest absolute Gasteiger partial charge is 0.394 e. The third-order valence-electron chi connectivity index (χ3n) is 19.2. The number of pyridine rings is 1. The molecule has 5 unspecified atom stereocenters. The van der Waals surface area contributed by atoms with Crippen molar-refractivity contribution in [2.24, 2.45) is 5.92 Å². The number of nitrogens with zero attached hydrogens (tertiary/aromatic N) is 17. The fraction of sp³-hybridized carbons (Fsp3) is 0.561. The molecule has 12 atom stereocenters. The number of hydrogen-bond acceptors (Lipinski definition) is 24. The molecule has 0 radical (unpaired) electrons. The summed E-state index contributed by atoms with van der Waals surface area (Å²) in [5.41, 5.74) is 0.641. The highest BCUT2D eigenvalue weighted by Crippen LogP contribution is 2.40. The number of H-pyrrole nitrogens is 4. The Kier molecular flexibility index (Phi) is 24.8. The first-order chi connectivity index (χ1) is 50.1. The molecule has 558 valence electrons. The lowest BCUT2D eigenvalue weighted by Crippen LogP contribution is -2.33. The minimum absolute atomic E-state index is 0.184. The molecule has 1 aliphatic carbocycles. The molecule has 9 aromatic rings. The Morgan fingerprint density at radius 1 is 0.471 bits per heavy atom. The smallest absolute Gasteiger partial charge is 0.375 e. The number of aliphatic hydroxyl groups excluding tert-OH is 4. The van der Waals surface area contributed by atoms with Crippen LogP contribution in [-0.4, -0.2) is 169 Å². The van der Waals surface area contributed by atoms with Crippen molar-refractivity contribution in [3.05, 3.63) is 201 Å². The first-order valence-corrected chi connectivity index (χ1v) is 35.5. The van der Waals surface area contributed by atoms with Crippen LogP contribution in [0.5, 0.6) is 0 Å². The zero-order chi connectivity index (χ0) is 74.0. The average molecular weight is 1510 g/mol. The molecule has 104 heavy (non-hydrogen) atoms. The van der Waals surface area contributed by atoms with E-state index in [1.807, 2.05) is 47.7 Å². The molecule has 14 rings (SSSR count). The molecule has 0 spiro atoms. The number of aromatic nitrogens is 21. The van der Waals surface area contributed by atoms with E-state index in [0.29, 0.717) is 59.7 Å². The number of hydrogen-bond donors (Lipinski definition) is 8. The molecule has 5 fully saturated rings. The van der Waals surface area contributed by atoms with Gasteiger partial charge in [-0.05, 0) is 87.4 Å². The fourth-order valence-corrected chi connectivity index (χ4v) is 13.9. The number of nitrogens with one attached hydrogen (secondary N) is 4. The van der Waals surface area contributed by atoms with Crippen LogP contribution in [0.2, 0.25) is 0 Å². The first kappa shape index (κ1) is 75.7. The number of aryl methyl sites for hydroxylation is 6. The predicted molar refractivity (Wildman–Crippen MR) is 370 cm³/mol. The van der Waals surface area contributed by atoms with Gasteiger partial charge >= 0.3 is 28.6 Å². The highest BCUT2D eigenvalue weighted by molar-refractivity contribution is 9.10. The van der Waals surface area contributed by atoms with Gasteiger partial charge in [-0.1, -0.05) is 68.0 Å². The van der Waals surface area contributed by atoms with E-state index in [9.17, 15) is 58.8 Å². The van der Waals surface area contributed by atoms with E-state index in [1.54, 1.807) is 52.6 Å². The molecule has 9 aromatic heterocycles. The number of halogens is 1. The maximum Gasteiger partial charge on any atom is 0.375 e. The zero-order valence-electron chi connectivity index (χ0n) is 58.3. The molecule has 0 bridgehead atoms. The molecular formula is C66H87BrN21O16+. The lowest BCUT2D eigenvalue weighted by atomic mass is 10.0. The van der Waals surface area contributed by atoms with Crippen molar-refractivity contribution in [1.29, 1.82) is 0 Å². The van der Waals surface area contributed by atoms with Gasteiger partial charge in [0.25, 0.3) is 22.2 Å². The predicted octanol–water partition coefficient (Wildman–Crippen LogP) is 0.897. The Bertz CT molecular complexity index is 4900. The van der Waals surface area contributed by atoms with Gasteiger partial charge in [-0.3, -0.25) is 57.4 Å². The van der Waals surface area contributed by atoms with Crippen LogP contribution in [0.3, 0.4) is 0 Å². The van der Waals surface area contributed by atoms with Crippen molar-refractivity contribution in [2.75, 3.05) is 26.4 Å². The number of aromatic amines is 4. The molecule has 0 amide bonds. The number of rotatable bonds is 20. The fourth-order valence-electron chi connectivity index (χ4n) is 13.5. The van der Waals surface area contributed by atoms with Crippen LogP contribution in [0.15, 0.2) is 117 Å². The van der Waals surface area contributed by atoms with Gasteiger partial charge in [0, 0.05) is 91.3 Å². The maximum atomic E-state index is 12.2. The maximum absolute atomic E-state index is 12.2. The summed E-state index contributed by atoms with van der Waals surface area (Å²) in [6.45, 7) is 9.88. The van der Waals surface area contributed by atoms with Crippen molar-refractivity contribution in [1.82, 2.24) is 98.2 Å². The normalized spacial score (nSPS) is 23.7. The van der Waals surface area contributed by atoms with E-state index in [4.69, 9.17) is 18.9 Å². The monoisotopic (exact) mass is 1510 g/mol. The quantitative estimate of drug-likeness (QED) is 0.0491. The standard InChI is InChI=1S/C18H25N5O4.C17H17BrN6O4.C16H23N5O4.C15H21N5O4/c1-11-8-22(18(26)19-17(11)25)16-7-14(15(10-24)27-16)23-9-13(20-21-23)6-12-4-2-3-5-12;1-10-6-23(17(27)19-16(10)26)15-5-12(13(9-25)28-15)24-8-14(20-21-24)22-4-2-3-11(18)7-22;1-3-4-5-11-8-21(19-18-11)12-6-14(25-13(12)9-22)20-7-10(2)15(23)17-16(20)24;1-3-4-10-7-20(18-17-10)11-5-13(24-12(11)8-21)19-6-9(2)14(22)16-15(19)23/h8-9,12,14-16,24H,2-7,10H2,1H3,(H,19,25,26);2-4,6-8,12-13,15,25H,5,9H2,1H3;7-8,12-14,22H,3-6,9H2,1-2H3,(H,17,23,24);6-7,11-13,21H,3-5,8H2,1-2H3,(H,16,22,23)/p+1/t14-,15+,16?;12-,13?,15?;12-,13+,14?;11-,12+,13?/m0000/s1. The second-order valence-electron chi connectivity index (χ2n) is 26.6. The van der Waals surface area contributed by atoms with Gasteiger partial charge in [-0.2, -0.15) is 4.57 Å². The van der Waals surface area contributed by atoms with Gasteiger partial charge in [0.05, 0.1) is 83.6 Å². The molecule has 37 nitrogen and oxygen atoms in total. The molecule has 1 saturated carbocycles. The van der Waals surface area contributed by atoms with Gasteiger partial charge in [-0.15, -0.1) is 15.3 Å². The molecule has 4 saturated heterocycles. The van der Waals surface area contributed by atoms with Gasteiger partial charge in [0.2, 0.25) is 0 Å². The second-order valence-corrected chi connectivity index (χ2v) is 27.6. The zero-order valence-corrected chi connectivity index (χ0v) is 59.9. The van der Waals surface area contributed by atoms with E-state index in [1.165, 1.54) is 68.7 Å². The van der Waals surface area contributed by atoms with E-state index >= 15 is 0 Å². The topological polar surface area (TPSA) is 464 Å². The van der Waals surface area contributed by atoms with Crippen LogP contribution in [-0.2, 0) is 38.2 Å². The van der Waals surface area contributed by atoms with Gasteiger partial charge in [0.1, 0.15) is 66.8 Å². The molecule has 5 aliphatic rings. The van der Waals surface area contributed by atoms with Crippen LogP contribution in [0.25, 0.3) is 5.82 Å². The number of unbranched alkanes of at least 4 members (excludes halogenated alkanes) is 1. The Hall–Kier alpha value is -9.41. The molecule has 8 N–H and O–H groups in total. The summed E-state index contributed by atoms with van der Waals surface area (Å²) in [4.78, 5) is 104. The van der Waals surface area contributed by atoms with Crippen molar-refractivity contribution in [3.63, 3.8) is 0 Å². The van der Waals surface area contributed by atoms with Crippen molar-refractivity contribution in [3.8, 4) is 5.82 Å². The Labute approximate surface area is 599 Å². The first-order valence-electron chi connectivity index (χ1n) is 34.7. The number of ether oxygens (including phenoxy) is 4. The van der Waals surface area contributed by atoms with E-state index in [0.717, 1.165) is 60.1 Å². The van der Waals surface area contributed by atoms with Crippen LogP contribution in [0.4, 0.5) is 0 Å². The van der Waals surface area contributed by atoms with Crippen LogP contribution in [0.1, 0.15) is 173 Å². The lowest BCUT2D eigenvalue weighted by Gasteiger charge is -2.15. The van der Waals surface area contributed by atoms with Crippen LogP contribution < -0.4 is 49.6 Å². The van der Waals surface area contributed by atoms with E-state index in [-0.39, 0.29) is 50.6 Å². The summed E-state index contributed by atoms with van der Waals surface area (Å²) in [6, 6.07) is 2.79. The summed E-state index contributed by atoms with van der Waals surface area (Å²) in [5, 5.41) is 72.2.